The molecule has 0 aliphatic carbocycles. The van der Waals surface area contributed by atoms with E-state index in [1.165, 1.54) is 11.3 Å². The number of carbonyl (C=O) groups excluding carboxylic acids is 1. The first-order valence-electron chi connectivity index (χ1n) is 5.15. The lowest BCUT2D eigenvalue weighted by Gasteiger charge is -2.04. The van der Waals surface area contributed by atoms with Crippen LogP contribution in [0.15, 0.2) is 29.8 Å². The number of anilines is 2. The number of hydrogen-bond acceptors (Lipinski definition) is 5. The Kier molecular flexibility index (Phi) is 3.66. The van der Waals surface area contributed by atoms with Gasteiger partial charge in [0, 0.05) is 12.1 Å². The van der Waals surface area contributed by atoms with Crippen LogP contribution in [0.4, 0.5) is 10.8 Å². The van der Waals surface area contributed by atoms with Crippen LogP contribution >= 0.6 is 11.3 Å². The van der Waals surface area contributed by atoms with E-state index in [-0.39, 0.29) is 5.91 Å². The van der Waals surface area contributed by atoms with Gasteiger partial charge in [0.25, 0.3) is 0 Å². The zero-order valence-electron chi connectivity index (χ0n) is 9.09. The van der Waals surface area contributed by atoms with Gasteiger partial charge in [-0.25, -0.2) is 0 Å². The maximum absolute atomic E-state index is 11.6. The first-order valence-corrected chi connectivity index (χ1v) is 6.03. The van der Waals surface area contributed by atoms with Crippen LogP contribution in [0.3, 0.4) is 0 Å². The second kappa shape index (κ2) is 5.40. The van der Waals surface area contributed by atoms with Gasteiger partial charge < -0.3 is 11.1 Å². The summed E-state index contributed by atoms with van der Waals surface area (Å²) in [6.45, 7) is 0. The molecule has 17 heavy (non-hydrogen) atoms. The second-order valence-corrected chi connectivity index (χ2v) is 4.32. The van der Waals surface area contributed by atoms with Crippen molar-refractivity contribution in [2.24, 2.45) is 0 Å². The number of nitrogens with two attached hydrogens (primary N) is 1. The first kappa shape index (κ1) is 11.5. The minimum absolute atomic E-state index is 0.0787. The van der Waals surface area contributed by atoms with E-state index in [4.69, 9.17) is 5.73 Å². The molecular formula is C11H12N4OS. The van der Waals surface area contributed by atoms with Crippen LogP contribution in [0, 0.1) is 0 Å². The lowest BCUT2D eigenvalue weighted by atomic mass is 10.1. The Morgan fingerprint density at radius 3 is 2.94 bits per heavy atom. The molecular weight excluding hydrogens is 236 g/mol. The molecule has 6 heteroatoms. The molecule has 1 aromatic carbocycles. The Labute approximate surface area is 103 Å². The number of amides is 1. The number of para-hydroxylation sites is 1. The van der Waals surface area contributed by atoms with Crippen molar-refractivity contribution in [1.29, 1.82) is 0 Å². The summed E-state index contributed by atoms with van der Waals surface area (Å²) in [5.74, 6) is -0.0787. The lowest BCUT2D eigenvalue weighted by molar-refractivity contribution is -0.116. The van der Waals surface area contributed by atoms with Crippen molar-refractivity contribution in [3.63, 3.8) is 0 Å². The van der Waals surface area contributed by atoms with E-state index < -0.39 is 0 Å². The SMILES string of the molecule is Nc1ccccc1CCC(=O)Nc1nncs1. The summed E-state index contributed by atoms with van der Waals surface area (Å²) in [4.78, 5) is 11.6. The van der Waals surface area contributed by atoms with E-state index in [0.29, 0.717) is 18.0 Å². The molecule has 1 amide bonds. The monoisotopic (exact) mass is 248 g/mol. The van der Waals surface area contributed by atoms with Crippen LogP contribution < -0.4 is 11.1 Å². The number of rotatable bonds is 4. The molecule has 0 bridgehead atoms. The van der Waals surface area contributed by atoms with Crippen LogP contribution in [0.25, 0.3) is 0 Å². The molecule has 0 fully saturated rings. The molecule has 2 aromatic rings. The summed E-state index contributed by atoms with van der Waals surface area (Å²) in [5, 5.41) is 10.6. The van der Waals surface area contributed by atoms with Gasteiger partial charge in [-0.2, -0.15) is 0 Å². The Morgan fingerprint density at radius 1 is 1.41 bits per heavy atom. The Hall–Kier alpha value is -1.95. The molecule has 0 atom stereocenters. The fourth-order valence-corrected chi connectivity index (χ4v) is 1.88. The summed E-state index contributed by atoms with van der Waals surface area (Å²) >= 11 is 1.30. The zero-order chi connectivity index (χ0) is 12.1. The Bertz CT molecular complexity index is 498. The summed E-state index contributed by atoms with van der Waals surface area (Å²) < 4.78 is 0. The van der Waals surface area contributed by atoms with Gasteiger partial charge in [0.1, 0.15) is 5.51 Å². The fourth-order valence-electron chi connectivity index (χ4n) is 1.42. The number of hydrogen-bond donors (Lipinski definition) is 2. The number of aryl methyl sites for hydroxylation is 1. The summed E-state index contributed by atoms with van der Waals surface area (Å²) in [7, 11) is 0. The second-order valence-electron chi connectivity index (χ2n) is 3.49. The average molecular weight is 248 g/mol. The van der Waals surface area contributed by atoms with Gasteiger partial charge in [-0.1, -0.05) is 29.5 Å². The van der Waals surface area contributed by atoms with E-state index in [1.54, 1.807) is 5.51 Å². The van der Waals surface area contributed by atoms with Crippen LogP contribution in [0.5, 0.6) is 0 Å². The van der Waals surface area contributed by atoms with Crippen molar-refractivity contribution in [3.8, 4) is 0 Å². The molecule has 0 saturated heterocycles. The van der Waals surface area contributed by atoms with Crippen LogP contribution in [0.2, 0.25) is 0 Å². The van der Waals surface area contributed by atoms with Crippen LogP contribution in [-0.2, 0) is 11.2 Å². The highest BCUT2D eigenvalue weighted by Crippen LogP contribution is 2.14. The van der Waals surface area contributed by atoms with Crippen LogP contribution in [-0.4, -0.2) is 16.1 Å². The van der Waals surface area contributed by atoms with E-state index in [0.717, 1.165) is 11.3 Å². The normalized spacial score (nSPS) is 10.1. The number of carbonyl (C=O) groups is 1. The van der Waals surface area contributed by atoms with Gasteiger partial charge in [0.05, 0.1) is 0 Å². The minimum atomic E-state index is -0.0787. The fraction of sp³-hybridized carbons (Fsp3) is 0.182. The van der Waals surface area contributed by atoms with Crippen molar-refractivity contribution in [2.45, 2.75) is 12.8 Å². The molecule has 3 N–H and O–H groups in total. The van der Waals surface area contributed by atoms with Crippen molar-refractivity contribution >= 4 is 28.1 Å². The number of aromatic nitrogens is 2. The topological polar surface area (TPSA) is 80.9 Å². The number of nitrogens with one attached hydrogen (secondary N) is 1. The summed E-state index contributed by atoms with van der Waals surface area (Å²) in [6.07, 6.45) is 1.01. The minimum Gasteiger partial charge on any atom is -0.399 e. The van der Waals surface area contributed by atoms with E-state index >= 15 is 0 Å². The Balaban J connectivity index is 1.86. The molecule has 0 unspecified atom stereocenters. The predicted molar refractivity (Wildman–Crippen MR) is 67.7 cm³/mol. The molecule has 5 nitrogen and oxygen atoms in total. The van der Waals surface area contributed by atoms with E-state index in [9.17, 15) is 4.79 Å². The van der Waals surface area contributed by atoms with Gasteiger partial charge >= 0.3 is 0 Å². The smallest absolute Gasteiger partial charge is 0.226 e. The van der Waals surface area contributed by atoms with Gasteiger partial charge in [0.2, 0.25) is 11.0 Å². The number of nitrogens with zero attached hydrogens (tertiary/aromatic N) is 2. The molecule has 2 rings (SSSR count). The maximum Gasteiger partial charge on any atom is 0.226 e. The predicted octanol–water partition coefficient (Wildman–Crippen LogP) is 1.69. The zero-order valence-corrected chi connectivity index (χ0v) is 9.91. The van der Waals surface area contributed by atoms with E-state index in [1.807, 2.05) is 24.3 Å². The van der Waals surface area contributed by atoms with Gasteiger partial charge in [-0.15, -0.1) is 10.2 Å². The third-order valence-electron chi connectivity index (χ3n) is 2.28. The first-order chi connectivity index (χ1) is 8.25. The lowest BCUT2D eigenvalue weighted by Crippen LogP contribution is -2.12. The molecule has 0 spiro atoms. The third kappa shape index (κ3) is 3.25. The van der Waals surface area contributed by atoms with Gasteiger partial charge in [-0.3, -0.25) is 4.79 Å². The van der Waals surface area contributed by atoms with Crippen molar-refractivity contribution in [2.75, 3.05) is 11.1 Å². The van der Waals surface area contributed by atoms with Gasteiger partial charge in [-0.05, 0) is 18.1 Å². The maximum atomic E-state index is 11.6. The van der Waals surface area contributed by atoms with Gasteiger partial charge in [0.15, 0.2) is 0 Å². The molecule has 1 aromatic heterocycles. The number of benzene rings is 1. The van der Waals surface area contributed by atoms with Crippen LogP contribution in [0.1, 0.15) is 12.0 Å². The largest absolute Gasteiger partial charge is 0.399 e. The van der Waals surface area contributed by atoms with E-state index in [2.05, 4.69) is 15.5 Å². The molecule has 88 valence electrons. The highest BCUT2D eigenvalue weighted by molar-refractivity contribution is 7.13. The average Bonchev–Trinajstić information content (AvgIpc) is 2.81. The molecule has 0 aliphatic rings. The van der Waals surface area contributed by atoms with Crippen molar-refractivity contribution in [3.05, 3.63) is 35.3 Å². The highest BCUT2D eigenvalue weighted by atomic mass is 32.1. The standard InChI is InChI=1S/C11H12N4OS/c12-9-4-2-1-3-8(9)5-6-10(16)14-11-15-13-7-17-11/h1-4,7H,5-6,12H2,(H,14,15,16). The van der Waals surface area contributed by atoms with Crippen molar-refractivity contribution < 1.29 is 4.79 Å². The van der Waals surface area contributed by atoms with Crippen molar-refractivity contribution in [1.82, 2.24) is 10.2 Å². The molecule has 0 aliphatic heterocycles. The molecule has 0 saturated carbocycles. The Morgan fingerprint density at radius 2 is 2.24 bits per heavy atom. The summed E-state index contributed by atoms with van der Waals surface area (Å²) in [6, 6.07) is 7.54. The molecule has 0 radical (unpaired) electrons. The number of nitrogen functional groups attached to an aromatic ring is 1. The summed E-state index contributed by atoms with van der Waals surface area (Å²) in [5.41, 5.74) is 9.07. The third-order valence-corrected chi connectivity index (χ3v) is 2.89. The highest BCUT2D eigenvalue weighted by Gasteiger charge is 2.06. The quantitative estimate of drug-likeness (QED) is 0.807. The molecule has 1 heterocycles.